The zero-order chi connectivity index (χ0) is 13.7. The first-order valence-electron chi connectivity index (χ1n) is 8.09. The molecule has 1 aromatic heterocycles. The second-order valence-corrected chi connectivity index (χ2v) is 6.88. The van der Waals surface area contributed by atoms with E-state index in [9.17, 15) is 0 Å². The average molecular weight is 279 g/mol. The van der Waals surface area contributed by atoms with Gasteiger partial charge in [-0.1, -0.05) is 33.6 Å². The number of fused-ring (bicyclic) bond motifs is 1. The second-order valence-electron chi connectivity index (χ2n) is 5.88. The normalized spacial score (nSPS) is 20.5. The van der Waals surface area contributed by atoms with Crippen LogP contribution in [-0.2, 0) is 6.42 Å². The van der Waals surface area contributed by atoms with Gasteiger partial charge in [-0.3, -0.25) is 0 Å². The fourth-order valence-electron chi connectivity index (χ4n) is 3.57. The molecule has 1 aromatic rings. The van der Waals surface area contributed by atoms with Crippen molar-refractivity contribution in [3.05, 3.63) is 21.9 Å². The first-order chi connectivity index (χ1) is 9.30. The van der Waals surface area contributed by atoms with E-state index in [1.807, 2.05) is 11.3 Å². The summed E-state index contributed by atoms with van der Waals surface area (Å²) in [4.78, 5) is 1.66. The first-order valence-corrected chi connectivity index (χ1v) is 8.97. The SMILES string of the molecule is CCNC(CC(CC)CC)C1CCCc2sccc21. The third-order valence-corrected chi connectivity index (χ3v) is 5.79. The molecule has 2 heteroatoms. The Labute approximate surface area is 122 Å². The molecular formula is C17H29NS. The van der Waals surface area contributed by atoms with Crippen LogP contribution in [0.4, 0.5) is 0 Å². The van der Waals surface area contributed by atoms with Crippen LogP contribution < -0.4 is 5.32 Å². The molecule has 1 heterocycles. The number of rotatable bonds is 7. The van der Waals surface area contributed by atoms with Gasteiger partial charge in [0.15, 0.2) is 0 Å². The van der Waals surface area contributed by atoms with E-state index in [1.165, 1.54) is 38.5 Å². The minimum absolute atomic E-state index is 0.684. The van der Waals surface area contributed by atoms with Crippen LogP contribution in [0.25, 0.3) is 0 Å². The summed E-state index contributed by atoms with van der Waals surface area (Å²) in [5.74, 6) is 1.64. The number of hydrogen-bond acceptors (Lipinski definition) is 2. The molecule has 1 aliphatic carbocycles. The van der Waals surface area contributed by atoms with E-state index in [-0.39, 0.29) is 0 Å². The largest absolute Gasteiger partial charge is 0.314 e. The molecule has 1 N–H and O–H groups in total. The Bertz CT molecular complexity index is 367. The van der Waals surface area contributed by atoms with E-state index in [0.717, 1.165) is 18.4 Å². The van der Waals surface area contributed by atoms with Crippen LogP contribution in [0.15, 0.2) is 11.4 Å². The Kier molecular flexibility index (Phi) is 5.90. The number of aryl methyl sites for hydroxylation is 1. The predicted octanol–water partition coefficient (Wildman–Crippen LogP) is 4.97. The zero-order valence-corrected chi connectivity index (χ0v) is 13.6. The van der Waals surface area contributed by atoms with Gasteiger partial charge in [0.05, 0.1) is 0 Å². The third-order valence-electron chi connectivity index (χ3n) is 4.79. The van der Waals surface area contributed by atoms with Crippen molar-refractivity contribution in [3.63, 3.8) is 0 Å². The van der Waals surface area contributed by atoms with E-state index in [1.54, 1.807) is 10.4 Å². The minimum atomic E-state index is 0.684. The smallest absolute Gasteiger partial charge is 0.0139 e. The fraction of sp³-hybridized carbons (Fsp3) is 0.765. The van der Waals surface area contributed by atoms with Gasteiger partial charge in [0.1, 0.15) is 0 Å². The minimum Gasteiger partial charge on any atom is -0.314 e. The molecule has 0 amide bonds. The maximum atomic E-state index is 3.79. The van der Waals surface area contributed by atoms with Crippen molar-refractivity contribution in [2.45, 2.75) is 71.3 Å². The number of nitrogens with one attached hydrogen (secondary N) is 1. The lowest BCUT2D eigenvalue weighted by Gasteiger charge is -2.33. The van der Waals surface area contributed by atoms with E-state index >= 15 is 0 Å². The molecule has 1 aliphatic rings. The summed E-state index contributed by atoms with van der Waals surface area (Å²) in [5.41, 5.74) is 1.66. The molecule has 2 rings (SSSR count). The molecule has 0 fully saturated rings. The molecule has 0 bridgehead atoms. The van der Waals surface area contributed by atoms with Crippen LogP contribution in [0, 0.1) is 5.92 Å². The molecule has 0 aliphatic heterocycles. The van der Waals surface area contributed by atoms with Crippen LogP contribution in [-0.4, -0.2) is 12.6 Å². The molecule has 108 valence electrons. The topological polar surface area (TPSA) is 12.0 Å². The van der Waals surface area contributed by atoms with E-state index in [4.69, 9.17) is 0 Å². The molecule has 2 atom stereocenters. The first kappa shape index (κ1) is 15.1. The van der Waals surface area contributed by atoms with Crippen molar-refractivity contribution >= 4 is 11.3 Å². The Morgan fingerprint density at radius 2 is 2.11 bits per heavy atom. The second kappa shape index (κ2) is 7.44. The summed E-state index contributed by atoms with van der Waals surface area (Å²) < 4.78 is 0. The van der Waals surface area contributed by atoms with Crippen LogP contribution in [0.2, 0.25) is 0 Å². The molecule has 0 spiro atoms. The monoisotopic (exact) mass is 279 g/mol. The van der Waals surface area contributed by atoms with Gasteiger partial charge >= 0.3 is 0 Å². The fourth-order valence-corrected chi connectivity index (χ4v) is 4.57. The maximum Gasteiger partial charge on any atom is 0.0139 e. The molecule has 0 aromatic carbocycles. The van der Waals surface area contributed by atoms with Crippen molar-refractivity contribution in [1.82, 2.24) is 5.32 Å². The van der Waals surface area contributed by atoms with Gasteiger partial charge in [-0.2, -0.15) is 0 Å². The summed E-state index contributed by atoms with van der Waals surface area (Å²) in [6.07, 6.45) is 8.06. The van der Waals surface area contributed by atoms with Crippen molar-refractivity contribution in [2.75, 3.05) is 6.54 Å². The number of thiophene rings is 1. The highest BCUT2D eigenvalue weighted by molar-refractivity contribution is 7.10. The molecule has 0 saturated carbocycles. The Morgan fingerprint density at radius 3 is 2.79 bits per heavy atom. The summed E-state index contributed by atoms with van der Waals surface area (Å²) in [6, 6.07) is 3.07. The number of hydrogen-bond donors (Lipinski definition) is 1. The lowest BCUT2D eigenvalue weighted by molar-refractivity contribution is 0.314. The summed E-state index contributed by atoms with van der Waals surface area (Å²) in [6.45, 7) is 8.03. The van der Waals surface area contributed by atoms with Gasteiger partial charge in [0.25, 0.3) is 0 Å². The summed E-state index contributed by atoms with van der Waals surface area (Å²) >= 11 is 1.97. The van der Waals surface area contributed by atoms with Crippen LogP contribution in [0.1, 0.15) is 69.2 Å². The molecular weight excluding hydrogens is 250 g/mol. The Balaban J connectivity index is 2.11. The van der Waals surface area contributed by atoms with Gasteiger partial charge in [0, 0.05) is 16.8 Å². The highest BCUT2D eigenvalue weighted by atomic mass is 32.1. The van der Waals surface area contributed by atoms with Crippen molar-refractivity contribution in [1.29, 1.82) is 0 Å². The average Bonchev–Trinajstić information content (AvgIpc) is 2.91. The standard InChI is InChI=1S/C17H29NS/c1-4-13(5-2)12-16(18-6-3)14-8-7-9-17-15(14)10-11-19-17/h10-11,13-14,16,18H,4-9,12H2,1-3H3. The van der Waals surface area contributed by atoms with Gasteiger partial charge < -0.3 is 5.32 Å². The lowest BCUT2D eigenvalue weighted by atomic mass is 9.78. The summed E-state index contributed by atoms with van der Waals surface area (Å²) in [7, 11) is 0. The molecule has 1 nitrogen and oxygen atoms in total. The van der Waals surface area contributed by atoms with Gasteiger partial charge in [0.2, 0.25) is 0 Å². The highest BCUT2D eigenvalue weighted by Crippen LogP contribution is 2.39. The molecule has 19 heavy (non-hydrogen) atoms. The number of likely N-dealkylation sites (N-methyl/N-ethyl adjacent to an activating group) is 1. The van der Waals surface area contributed by atoms with E-state index in [0.29, 0.717) is 6.04 Å². The van der Waals surface area contributed by atoms with Gasteiger partial charge in [-0.15, -0.1) is 11.3 Å². The van der Waals surface area contributed by atoms with Crippen molar-refractivity contribution < 1.29 is 0 Å². The van der Waals surface area contributed by atoms with Crippen LogP contribution >= 0.6 is 11.3 Å². The summed E-state index contributed by atoms with van der Waals surface area (Å²) in [5, 5.41) is 6.08. The third kappa shape index (κ3) is 3.61. The molecule has 2 unspecified atom stereocenters. The van der Waals surface area contributed by atoms with E-state index in [2.05, 4.69) is 37.5 Å². The van der Waals surface area contributed by atoms with Crippen LogP contribution in [0.5, 0.6) is 0 Å². The van der Waals surface area contributed by atoms with Crippen molar-refractivity contribution in [2.24, 2.45) is 5.92 Å². The maximum absolute atomic E-state index is 3.79. The predicted molar refractivity (Wildman–Crippen MR) is 86.2 cm³/mol. The Morgan fingerprint density at radius 1 is 1.32 bits per heavy atom. The van der Waals surface area contributed by atoms with Crippen molar-refractivity contribution in [3.8, 4) is 0 Å². The van der Waals surface area contributed by atoms with Crippen LogP contribution in [0.3, 0.4) is 0 Å². The molecule has 0 saturated heterocycles. The lowest BCUT2D eigenvalue weighted by Crippen LogP contribution is -2.37. The van der Waals surface area contributed by atoms with Gasteiger partial charge in [-0.25, -0.2) is 0 Å². The zero-order valence-electron chi connectivity index (χ0n) is 12.7. The quantitative estimate of drug-likeness (QED) is 0.743. The Hall–Kier alpha value is -0.340. The van der Waals surface area contributed by atoms with E-state index < -0.39 is 0 Å². The molecule has 0 radical (unpaired) electrons. The van der Waals surface area contributed by atoms with Gasteiger partial charge in [-0.05, 0) is 55.2 Å². The highest BCUT2D eigenvalue weighted by Gasteiger charge is 2.29.